The predicted octanol–water partition coefficient (Wildman–Crippen LogP) is 7.32. The number of nitrogens with one attached hydrogen (secondary N) is 2. The fourth-order valence-electron chi connectivity index (χ4n) is 3.39. The van der Waals surface area contributed by atoms with Crippen LogP contribution in [0.15, 0.2) is 106 Å². The molecule has 0 spiro atoms. The van der Waals surface area contributed by atoms with Crippen LogP contribution < -0.4 is 15.4 Å². The van der Waals surface area contributed by atoms with Crippen LogP contribution >= 0.6 is 27.7 Å². The van der Waals surface area contributed by atoms with Crippen LogP contribution in [0.25, 0.3) is 0 Å². The second kappa shape index (κ2) is 11.9. The third-order valence-electron chi connectivity index (χ3n) is 5.25. The van der Waals surface area contributed by atoms with Crippen LogP contribution in [0.4, 0.5) is 15.8 Å². The van der Waals surface area contributed by atoms with Crippen molar-refractivity contribution in [3.8, 4) is 5.75 Å². The summed E-state index contributed by atoms with van der Waals surface area (Å²) in [7, 11) is 1.57. The molecule has 1 unspecified atom stereocenters. The van der Waals surface area contributed by atoms with Gasteiger partial charge in [-0.1, -0.05) is 46.3 Å². The zero-order valence-electron chi connectivity index (χ0n) is 19.2. The molecular formula is C28H22BrFN2O3S. The molecule has 182 valence electrons. The molecule has 0 saturated heterocycles. The average Bonchev–Trinajstić information content (AvgIpc) is 2.90. The number of halogens is 2. The lowest BCUT2D eigenvalue weighted by molar-refractivity contribution is -0.115. The van der Waals surface area contributed by atoms with E-state index in [9.17, 15) is 14.0 Å². The van der Waals surface area contributed by atoms with Crippen LogP contribution in [0, 0.1) is 5.82 Å². The first-order chi connectivity index (χ1) is 17.4. The van der Waals surface area contributed by atoms with Gasteiger partial charge in [-0.3, -0.25) is 9.59 Å². The van der Waals surface area contributed by atoms with E-state index in [0.29, 0.717) is 21.5 Å². The van der Waals surface area contributed by atoms with E-state index in [-0.39, 0.29) is 17.5 Å². The van der Waals surface area contributed by atoms with Crippen molar-refractivity contribution in [1.29, 1.82) is 0 Å². The van der Waals surface area contributed by atoms with Crippen molar-refractivity contribution in [2.75, 3.05) is 17.7 Å². The molecule has 2 amide bonds. The van der Waals surface area contributed by atoms with Gasteiger partial charge >= 0.3 is 0 Å². The van der Waals surface area contributed by atoms with E-state index in [1.807, 2.05) is 42.5 Å². The molecule has 36 heavy (non-hydrogen) atoms. The van der Waals surface area contributed by atoms with Crippen molar-refractivity contribution in [1.82, 2.24) is 0 Å². The van der Waals surface area contributed by atoms with Crippen molar-refractivity contribution >= 4 is 50.9 Å². The highest BCUT2D eigenvalue weighted by Gasteiger charge is 2.23. The summed E-state index contributed by atoms with van der Waals surface area (Å²) >= 11 is 4.56. The highest BCUT2D eigenvalue weighted by Crippen LogP contribution is 2.37. The zero-order valence-corrected chi connectivity index (χ0v) is 21.6. The molecule has 0 aliphatic heterocycles. The number of rotatable bonds is 8. The molecule has 2 N–H and O–H groups in total. The summed E-state index contributed by atoms with van der Waals surface area (Å²) in [6, 6.07) is 27.8. The van der Waals surface area contributed by atoms with Crippen LogP contribution in [-0.2, 0) is 4.79 Å². The molecule has 0 heterocycles. The summed E-state index contributed by atoms with van der Waals surface area (Å²) in [5, 5.41) is 4.94. The number of thioether (sulfide) groups is 1. The first-order valence-corrected chi connectivity index (χ1v) is 12.6. The number of hydrogen-bond donors (Lipinski definition) is 2. The minimum absolute atomic E-state index is 0.112. The van der Waals surface area contributed by atoms with E-state index in [0.717, 1.165) is 10.5 Å². The van der Waals surface area contributed by atoms with Crippen LogP contribution in [-0.4, -0.2) is 18.9 Å². The zero-order chi connectivity index (χ0) is 25.5. The highest BCUT2D eigenvalue weighted by atomic mass is 79.9. The summed E-state index contributed by atoms with van der Waals surface area (Å²) in [5.41, 5.74) is 2.03. The standard InChI is InChI=1S/C28H22BrFN2O3S/c1-35-22-12-7-19(8-13-22)27(33)31-21-10-14-23(15-11-21)36-26(18-5-3-2-4-6-18)28(34)32-25-16-9-20(29)17-24(25)30/h2-17,26H,1H3,(H,31,33)(H,32,34). The van der Waals surface area contributed by atoms with Crippen LogP contribution in [0.5, 0.6) is 5.75 Å². The largest absolute Gasteiger partial charge is 0.497 e. The van der Waals surface area contributed by atoms with Gasteiger partial charge in [-0.15, -0.1) is 11.8 Å². The van der Waals surface area contributed by atoms with Crippen molar-refractivity contribution in [2.45, 2.75) is 10.1 Å². The number of carbonyl (C=O) groups is 2. The molecule has 4 aromatic rings. The molecule has 8 heteroatoms. The van der Waals surface area contributed by atoms with Gasteiger partial charge in [-0.25, -0.2) is 4.39 Å². The third kappa shape index (κ3) is 6.53. The van der Waals surface area contributed by atoms with Gasteiger partial charge in [0.15, 0.2) is 0 Å². The van der Waals surface area contributed by atoms with E-state index >= 15 is 0 Å². The van der Waals surface area contributed by atoms with Gasteiger partial charge in [0.25, 0.3) is 5.91 Å². The molecule has 0 fully saturated rings. The Hall–Kier alpha value is -3.62. The Bertz CT molecular complexity index is 1350. The normalized spacial score (nSPS) is 11.4. The first kappa shape index (κ1) is 25.5. The topological polar surface area (TPSA) is 67.4 Å². The molecular weight excluding hydrogens is 543 g/mol. The maximum Gasteiger partial charge on any atom is 0.255 e. The van der Waals surface area contributed by atoms with Gasteiger partial charge in [-0.05, 0) is 72.3 Å². The Labute approximate surface area is 221 Å². The minimum atomic E-state index is -0.617. The number of ether oxygens (including phenoxy) is 1. The van der Waals surface area contributed by atoms with E-state index in [4.69, 9.17) is 4.74 Å². The number of hydrogen-bond acceptors (Lipinski definition) is 4. The molecule has 0 aliphatic rings. The lowest BCUT2D eigenvalue weighted by atomic mass is 10.1. The molecule has 0 radical (unpaired) electrons. The van der Waals surface area contributed by atoms with Crippen LogP contribution in [0.2, 0.25) is 0 Å². The van der Waals surface area contributed by atoms with Crippen molar-refractivity contribution in [3.05, 3.63) is 118 Å². The van der Waals surface area contributed by atoms with Crippen molar-refractivity contribution < 1.29 is 18.7 Å². The van der Waals surface area contributed by atoms with Gasteiger partial charge in [-0.2, -0.15) is 0 Å². The van der Waals surface area contributed by atoms with E-state index < -0.39 is 11.1 Å². The van der Waals surface area contributed by atoms with Gasteiger partial charge in [0.05, 0.1) is 12.8 Å². The van der Waals surface area contributed by atoms with E-state index in [1.165, 1.54) is 23.9 Å². The lowest BCUT2D eigenvalue weighted by Crippen LogP contribution is -2.19. The van der Waals surface area contributed by atoms with Crippen molar-refractivity contribution in [2.24, 2.45) is 0 Å². The highest BCUT2D eigenvalue weighted by molar-refractivity contribution is 9.10. The molecule has 5 nitrogen and oxygen atoms in total. The second-order valence-corrected chi connectivity index (χ2v) is 9.82. The second-order valence-electron chi connectivity index (χ2n) is 7.73. The predicted molar refractivity (Wildman–Crippen MR) is 145 cm³/mol. The van der Waals surface area contributed by atoms with Crippen LogP contribution in [0.3, 0.4) is 0 Å². The Morgan fingerprint density at radius 1 is 0.889 bits per heavy atom. The maximum atomic E-state index is 14.3. The van der Waals surface area contributed by atoms with Gasteiger partial charge in [0.1, 0.15) is 16.8 Å². The summed E-state index contributed by atoms with van der Waals surface area (Å²) in [6.45, 7) is 0. The summed E-state index contributed by atoms with van der Waals surface area (Å²) in [6.07, 6.45) is 0. The van der Waals surface area contributed by atoms with Gasteiger partial charge in [0, 0.05) is 20.6 Å². The summed E-state index contributed by atoms with van der Waals surface area (Å²) < 4.78 is 20.0. The Balaban J connectivity index is 1.48. The quantitative estimate of drug-likeness (QED) is 0.220. The number of methoxy groups -OCH3 is 1. The molecule has 0 aromatic heterocycles. The Morgan fingerprint density at radius 3 is 2.22 bits per heavy atom. The molecule has 0 aliphatic carbocycles. The Kier molecular flexibility index (Phi) is 8.40. The SMILES string of the molecule is COc1ccc(C(=O)Nc2ccc(SC(C(=O)Nc3ccc(Br)cc3F)c3ccccc3)cc2)cc1. The van der Waals surface area contributed by atoms with Crippen LogP contribution in [0.1, 0.15) is 21.2 Å². The summed E-state index contributed by atoms with van der Waals surface area (Å²) in [4.78, 5) is 26.5. The fraction of sp³-hybridized carbons (Fsp3) is 0.0714. The molecule has 0 saturated carbocycles. The number of amides is 2. The van der Waals surface area contributed by atoms with E-state index in [1.54, 1.807) is 49.6 Å². The molecule has 4 rings (SSSR count). The number of anilines is 2. The average molecular weight is 565 g/mol. The Morgan fingerprint density at radius 2 is 1.58 bits per heavy atom. The van der Waals surface area contributed by atoms with E-state index in [2.05, 4.69) is 26.6 Å². The molecule has 1 atom stereocenters. The third-order valence-corrected chi connectivity index (χ3v) is 7.01. The number of carbonyl (C=O) groups excluding carboxylic acids is 2. The molecule has 0 bridgehead atoms. The minimum Gasteiger partial charge on any atom is -0.497 e. The number of benzene rings is 4. The van der Waals surface area contributed by atoms with Gasteiger partial charge < -0.3 is 15.4 Å². The van der Waals surface area contributed by atoms with Gasteiger partial charge in [0.2, 0.25) is 5.91 Å². The maximum absolute atomic E-state index is 14.3. The monoisotopic (exact) mass is 564 g/mol. The lowest BCUT2D eigenvalue weighted by Gasteiger charge is -2.18. The van der Waals surface area contributed by atoms with Crippen molar-refractivity contribution in [3.63, 3.8) is 0 Å². The smallest absolute Gasteiger partial charge is 0.255 e. The summed E-state index contributed by atoms with van der Waals surface area (Å²) in [5.74, 6) is -0.431. The fourth-order valence-corrected chi connectivity index (χ4v) is 4.75. The molecule has 4 aromatic carbocycles. The first-order valence-electron chi connectivity index (χ1n) is 11.0.